The highest BCUT2D eigenvalue weighted by atomic mass is 16.2. The fourth-order valence-corrected chi connectivity index (χ4v) is 2.92. The number of likely N-dealkylation sites (tertiary alicyclic amines) is 1. The van der Waals surface area contributed by atoms with Gasteiger partial charge in [0.05, 0.1) is 0 Å². The number of aromatic nitrogens is 1. The van der Waals surface area contributed by atoms with Crippen molar-refractivity contribution in [3.05, 3.63) is 30.1 Å². The zero-order chi connectivity index (χ0) is 13.1. The van der Waals surface area contributed by atoms with E-state index >= 15 is 0 Å². The second-order valence-electron chi connectivity index (χ2n) is 5.19. The summed E-state index contributed by atoms with van der Waals surface area (Å²) in [5, 5.41) is 3.37. The molecular formula is C14H20N4O. The smallest absolute Gasteiger partial charge is 0.272 e. The second-order valence-corrected chi connectivity index (χ2v) is 5.19. The van der Waals surface area contributed by atoms with Crippen LogP contribution in [0.4, 0.5) is 0 Å². The summed E-state index contributed by atoms with van der Waals surface area (Å²) in [6.07, 6.45) is 2.76. The summed E-state index contributed by atoms with van der Waals surface area (Å²) in [4.78, 5) is 20.9. The summed E-state index contributed by atoms with van der Waals surface area (Å²) < 4.78 is 0. The number of hydrogen-bond acceptors (Lipinski definition) is 4. The van der Waals surface area contributed by atoms with Crippen LogP contribution < -0.4 is 5.32 Å². The molecule has 1 aromatic rings. The molecule has 0 bridgehead atoms. The first-order valence-corrected chi connectivity index (χ1v) is 6.99. The SMILES string of the molecule is O=C(c1ccccn1)N1CCC(N2CCNCC2)C1. The summed E-state index contributed by atoms with van der Waals surface area (Å²) in [7, 11) is 0. The van der Waals surface area contributed by atoms with Crippen LogP contribution in [0.15, 0.2) is 24.4 Å². The number of pyridine rings is 1. The van der Waals surface area contributed by atoms with Crippen LogP contribution in [0.25, 0.3) is 0 Å². The van der Waals surface area contributed by atoms with Gasteiger partial charge in [-0.05, 0) is 18.6 Å². The van der Waals surface area contributed by atoms with Gasteiger partial charge in [-0.15, -0.1) is 0 Å². The molecule has 1 aromatic heterocycles. The summed E-state index contributed by atoms with van der Waals surface area (Å²) in [6, 6.07) is 6.02. The Hall–Kier alpha value is -1.46. The number of rotatable bonds is 2. The maximum atomic E-state index is 12.3. The Labute approximate surface area is 113 Å². The highest BCUT2D eigenvalue weighted by Crippen LogP contribution is 2.17. The van der Waals surface area contributed by atoms with Gasteiger partial charge < -0.3 is 10.2 Å². The van der Waals surface area contributed by atoms with E-state index in [1.54, 1.807) is 12.3 Å². The third kappa shape index (κ3) is 2.77. The minimum Gasteiger partial charge on any atom is -0.336 e. The molecular weight excluding hydrogens is 240 g/mol. The molecule has 3 rings (SSSR count). The number of carbonyl (C=O) groups excluding carboxylic acids is 1. The molecule has 1 N–H and O–H groups in total. The molecule has 0 radical (unpaired) electrons. The lowest BCUT2D eigenvalue weighted by atomic mass is 10.2. The van der Waals surface area contributed by atoms with E-state index in [9.17, 15) is 4.79 Å². The monoisotopic (exact) mass is 260 g/mol. The van der Waals surface area contributed by atoms with Gasteiger partial charge in [0.15, 0.2) is 0 Å². The molecule has 5 nitrogen and oxygen atoms in total. The van der Waals surface area contributed by atoms with Crippen molar-refractivity contribution in [2.45, 2.75) is 12.5 Å². The van der Waals surface area contributed by atoms with E-state index in [2.05, 4.69) is 15.2 Å². The van der Waals surface area contributed by atoms with Crippen molar-refractivity contribution in [1.29, 1.82) is 0 Å². The van der Waals surface area contributed by atoms with E-state index in [0.717, 1.165) is 45.7 Å². The Morgan fingerprint density at radius 2 is 2.11 bits per heavy atom. The number of piperazine rings is 1. The number of amides is 1. The molecule has 2 saturated heterocycles. The average molecular weight is 260 g/mol. The van der Waals surface area contributed by atoms with E-state index in [4.69, 9.17) is 0 Å². The average Bonchev–Trinajstić information content (AvgIpc) is 2.98. The lowest BCUT2D eigenvalue weighted by molar-refractivity contribution is 0.0767. The fraction of sp³-hybridized carbons (Fsp3) is 0.571. The van der Waals surface area contributed by atoms with Crippen LogP contribution in [0.2, 0.25) is 0 Å². The molecule has 1 unspecified atom stereocenters. The molecule has 19 heavy (non-hydrogen) atoms. The van der Waals surface area contributed by atoms with Gasteiger partial charge in [-0.3, -0.25) is 14.7 Å². The minimum atomic E-state index is 0.0678. The summed E-state index contributed by atoms with van der Waals surface area (Å²) in [6.45, 7) is 6.00. The van der Waals surface area contributed by atoms with Crippen LogP contribution in [-0.2, 0) is 0 Å². The van der Waals surface area contributed by atoms with Gasteiger partial charge in [0.2, 0.25) is 0 Å². The van der Waals surface area contributed by atoms with Gasteiger partial charge in [0, 0.05) is 51.5 Å². The zero-order valence-corrected chi connectivity index (χ0v) is 11.1. The van der Waals surface area contributed by atoms with Crippen LogP contribution in [0.1, 0.15) is 16.9 Å². The first-order chi connectivity index (χ1) is 9.34. The van der Waals surface area contributed by atoms with Crippen molar-refractivity contribution in [1.82, 2.24) is 20.1 Å². The standard InChI is InChI=1S/C14H20N4O/c19-14(13-3-1-2-5-16-13)18-8-4-12(11-18)17-9-6-15-7-10-17/h1-3,5,12,15H,4,6-11H2. The molecule has 3 heterocycles. The fourth-order valence-electron chi connectivity index (χ4n) is 2.92. The van der Waals surface area contributed by atoms with Gasteiger partial charge in [0.25, 0.3) is 5.91 Å². The molecule has 2 fully saturated rings. The molecule has 0 aromatic carbocycles. The van der Waals surface area contributed by atoms with E-state index < -0.39 is 0 Å². The van der Waals surface area contributed by atoms with Crippen molar-refractivity contribution in [3.63, 3.8) is 0 Å². The van der Waals surface area contributed by atoms with Crippen LogP contribution in [0.3, 0.4) is 0 Å². The highest BCUT2D eigenvalue weighted by Gasteiger charge is 2.31. The molecule has 0 saturated carbocycles. The largest absolute Gasteiger partial charge is 0.336 e. The molecule has 1 amide bonds. The topological polar surface area (TPSA) is 48.5 Å². The van der Waals surface area contributed by atoms with Crippen molar-refractivity contribution in [2.75, 3.05) is 39.3 Å². The van der Waals surface area contributed by atoms with Crippen molar-refractivity contribution in [2.24, 2.45) is 0 Å². The van der Waals surface area contributed by atoms with Crippen molar-refractivity contribution in [3.8, 4) is 0 Å². The molecule has 1 atom stereocenters. The molecule has 102 valence electrons. The first-order valence-electron chi connectivity index (χ1n) is 6.99. The second kappa shape index (κ2) is 5.67. The first kappa shape index (κ1) is 12.6. The van der Waals surface area contributed by atoms with E-state index in [1.165, 1.54) is 0 Å². The van der Waals surface area contributed by atoms with Gasteiger partial charge in [0.1, 0.15) is 5.69 Å². The third-order valence-corrected chi connectivity index (χ3v) is 4.00. The van der Waals surface area contributed by atoms with E-state index in [-0.39, 0.29) is 5.91 Å². The molecule has 0 spiro atoms. The Bertz CT molecular complexity index is 430. The third-order valence-electron chi connectivity index (χ3n) is 4.00. The Kier molecular flexibility index (Phi) is 3.75. The summed E-state index contributed by atoms with van der Waals surface area (Å²) in [5.41, 5.74) is 0.559. The Morgan fingerprint density at radius 3 is 2.84 bits per heavy atom. The summed E-state index contributed by atoms with van der Waals surface area (Å²) in [5.74, 6) is 0.0678. The highest BCUT2D eigenvalue weighted by molar-refractivity contribution is 5.92. The van der Waals surface area contributed by atoms with Crippen molar-refractivity contribution < 1.29 is 4.79 Å². The maximum absolute atomic E-state index is 12.3. The van der Waals surface area contributed by atoms with Crippen LogP contribution >= 0.6 is 0 Å². The van der Waals surface area contributed by atoms with Gasteiger partial charge in [-0.1, -0.05) is 6.07 Å². The number of carbonyl (C=O) groups is 1. The molecule has 2 aliphatic heterocycles. The number of nitrogens with zero attached hydrogens (tertiary/aromatic N) is 3. The molecule has 0 aliphatic carbocycles. The molecule has 2 aliphatic rings. The van der Waals surface area contributed by atoms with E-state index in [0.29, 0.717) is 11.7 Å². The summed E-state index contributed by atoms with van der Waals surface area (Å²) >= 11 is 0. The normalized spacial score (nSPS) is 24.6. The van der Waals surface area contributed by atoms with Gasteiger partial charge in [-0.2, -0.15) is 0 Å². The predicted molar refractivity (Wildman–Crippen MR) is 73.0 cm³/mol. The Morgan fingerprint density at radius 1 is 1.26 bits per heavy atom. The van der Waals surface area contributed by atoms with Crippen LogP contribution in [-0.4, -0.2) is 66.0 Å². The van der Waals surface area contributed by atoms with Crippen LogP contribution in [0.5, 0.6) is 0 Å². The van der Waals surface area contributed by atoms with Crippen LogP contribution in [0, 0.1) is 0 Å². The minimum absolute atomic E-state index is 0.0678. The van der Waals surface area contributed by atoms with E-state index in [1.807, 2.05) is 17.0 Å². The zero-order valence-electron chi connectivity index (χ0n) is 11.1. The lowest BCUT2D eigenvalue weighted by Gasteiger charge is -2.32. The maximum Gasteiger partial charge on any atom is 0.272 e. The molecule has 5 heteroatoms. The van der Waals surface area contributed by atoms with Crippen molar-refractivity contribution >= 4 is 5.91 Å². The quantitative estimate of drug-likeness (QED) is 0.825. The Balaban J connectivity index is 1.61. The number of nitrogens with one attached hydrogen (secondary N) is 1. The number of hydrogen-bond donors (Lipinski definition) is 1. The lowest BCUT2D eigenvalue weighted by Crippen LogP contribution is -2.49. The van der Waals surface area contributed by atoms with Gasteiger partial charge in [-0.25, -0.2) is 0 Å². The predicted octanol–water partition coefficient (Wildman–Crippen LogP) is 0.201. The van der Waals surface area contributed by atoms with Gasteiger partial charge >= 0.3 is 0 Å².